The molecule has 0 N–H and O–H groups in total. The van der Waals surface area contributed by atoms with E-state index in [4.69, 9.17) is 14.2 Å². The molecule has 94 valence electrons. The molecule has 3 nitrogen and oxygen atoms in total. The van der Waals surface area contributed by atoms with Gasteiger partial charge in [-0.05, 0) is 12.1 Å². The van der Waals surface area contributed by atoms with E-state index < -0.39 is 18.0 Å². The molecule has 1 aromatic carbocycles. The summed E-state index contributed by atoms with van der Waals surface area (Å²) in [4.78, 5) is 0. The zero-order valence-corrected chi connectivity index (χ0v) is 8.87. The third-order valence-corrected chi connectivity index (χ3v) is 2.26. The predicted octanol–water partition coefficient (Wildman–Crippen LogP) is 2.46. The van der Waals surface area contributed by atoms with Gasteiger partial charge in [-0.25, -0.2) is 0 Å². The summed E-state index contributed by atoms with van der Waals surface area (Å²) in [6.45, 7) is 0.830. The second-order valence-electron chi connectivity index (χ2n) is 3.48. The van der Waals surface area contributed by atoms with E-state index in [1.54, 1.807) is 0 Å². The summed E-state index contributed by atoms with van der Waals surface area (Å²) in [5, 5.41) is 0. The summed E-state index contributed by atoms with van der Waals surface area (Å²) in [5.74, 6) is -0.209. The van der Waals surface area contributed by atoms with Crippen molar-refractivity contribution >= 4 is 0 Å². The van der Waals surface area contributed by atoms with Crippen LogP contribution in [0, 0.1) is 0 Å². The number of hydrogen-bond donors (Lipinski definition) is 0. The molecule has 1 aliphatic heterocycles. The van der Waals surface area contributed by atoms with Crippen molar-refractivity contribution in [1.82, 2.24) is 0 Å². The average molecular weight is 248 g/mol. The van der Waals surface area contributed by atoms with Crippen LogP contribution in [0.25, 0.3) is 0 Å². The standard InChI is InChI=1S/C11H11F3O3/c12-11(13,14)8-3-1-2-4-9(8)17-7-10-15-5-6-16-10/h1-4,10H,5-7H2. The number of rotatable bonds is 3. The van der Waals surface area contributed by atoms with Crippen LogP contribution in [0.2, 0.25) is 0 Å². The molecule has 0 aliphatic carbocycles. The minimum Gasteiger partial charge on any atom is -0.488 e. The highest BCUT2D eigenvalue weighted by atomic mass is 19.4. The van der Waals surface area contributed by atoms with Crippen LogP contribution in [0.3, 0.4) is 0 Å². The van der Waals surface area contributed by atoms with Crippen molar-refractivity contribution in [3.05, 3.63) is 29.8 Å². The molecule has 0 amide bonds. The number of ether oxygens (including phenoxy) is 3. The summed E-state index contributed by atoms with van der Waals surface area (Å²) >= 11 is 0. The molecule has 0 aromatic heterocycles. The summed E-state index contributed by atoms with van der Waals surface area (Å²) < 4.78 is 53.0. The lowest BCUT2D eigenvalue weighted by molar-refractivity contribution is -0.140. The Bertz CT molecular complexity index is 372. The van der Waals surface area contributed by atoms with Gasteiger partial charge in [-0.2, -0.15) is 13.2 Å². The minimum absolute atomic E-state index is 0.0485. The van der Waals surface area contributed by atoms with Crippen molar-refractivity contribution in [3.8, 4) is 5.75 Å². The molecule has 0 saturated carbocycles. The van der Waals surface area contributed by atoms with Gasteiger partial charge in [0.25, 0.3) is 0 Å². The smallest absolute Gasteiger partial charge is 0.419 e. The summed E-state index contributed by atoms with van der Waals surface area (Å²) in [5.41, 5.74) is -0.794. The molecule has 0 radical (unpaired) electrons. The fourth-order valence-electron chi connectivity index (χ4n) is 1.49. The van der Waals surface area contributed by atoms with Crippen LogP contribution < -0.4 is 4.74 Å². The highest BCUT2D eigenvalue weighted by molar-refractivity contribution is 5.35. The van der Waals surface area contributed by atoms with Gasteiger partial charge < -0.3 is 14.2 Å². The maximum absolute atomic E-state index is 12.6. The number of halogens is 3. The fourth-order valence-corrected chi connectivity index (χ4v) is 1.49. The van der Waals surface area contributed by atoms with Gasteiger partial charge in [0.15, 0.2) is 6.29 Å². The number of alkyl halides is 3. The number of benzene rings is 1. The van der Waals surface area contributed by atoms with Gasteiger partial charge in [0.2, 0.25) is 0 Å². The highest BCUT2D eigenvalue weighted by Crippen LogP contribution is 2.35. The fraction of sp³-hybridized carbons (Fsp3) is 0.455. The first-order chi connectivity index (χ1) is 8.07. The van der Waals surface area contributed by atoms with E-state index in [9.17, 15) is 13.2 Å². The zero-order chi connectivity index (χ0) is 12.3. The van der Waals surface area contributed by atoms with E-state index in [1.165, 1.54) is 18.2 Å². The third kappa shape index (κ3) is 3.10. The molecule has 1 saturated heterocycles. The van der Waals surface area contributed by atoms with Crippen molar-refractivity contribution < 1.29 is 27.4 Å². The molecule has 1 aliphatic rings. The maximum Gasteiger partial charge on any atom is 0.419 e. The second-order valence-corrected chi connectivity index (χ2v) is 3.48. The van der Waals surface area contributed by atoms with Gasteiger partial charge in [-0.3, -0.25) is 0 Å². The van der Waals surface area contributed by atoms with Crippen molar-refractivity contribution in [2.24, 2.45) is 0 Å². The van der Waals surface area contributed by atoms with Crippen molar-refractivity contribution in [1.29, 1.82) is 0 Å². The molecule has 6 heteroatoms. The molecule has 0 atom stereocenters. The first-order valence-corrected chi connectivity index (χ1v) is 5.09. The van der Waals surface area contributed by atoms with Crippen LogP contribution in [0.15, 0.2) is 24.3 Å². The van der Waals surface area contributed by atoms with E-state index in [0.29, 0.717) is 13.2 Å². The average Bonchev–Trinajstić information content (AvgIpc) is 2.78. The van der Waals surface area contributed by atoms with Gasteiger partial charge in [0.1, 0.15) is 12.4 Å². The quantitative estimate of drug-likeness (QED) is 0.822. The van der Waals surface area contributed by atoms with Gasteiger partial charge in [0, 0.05) is 0 Å². The summed E-state index contributed by atoms with van der Waals surface area (Å²) in [6.07, 6.45) is -5.01. The molecule has 0 spiro atoms. The third-order valence-electron chi connectivity index (χ3n) is 2.26. The van der Waals surface area contributed by atoms with Crippen LogP contribution in [0.4, 0.5) is 13.2 Å². The van der Waals surface area contributed by atoms with E-state index in [2.05, 4.69) is 0 Å². The zero-order valence-electron chi connectivity index (χ0n) is 8.87. The van der Waals surface area contributed by atoms with Gasteiger partial charge in [0.05, 0.1) is 18.8 Å². The summed E-state index contributed by atoms with van der Waals surface area (Å²) in [7, 11) is 0. The number of para-hydroxylation sites is 1. The van der Waals surface area contributed by atoms with Crippen LogP contribution in [-0.2, 0) is 15.7 Å². The van der Waals surface area contributed by atoms with E-state index in [1.807, 2.05) is 0 Å². The Morgan fingerprint density at radius 2 is 1.82 bits per heavy atom. The van der Waals surface area contributed by atoms with Gasteiger partial charge >= 0.3 is 6.18 Å². The van der Waals surface area contributed by atoms with E-state index in [0.717, 1.165) is 6.07 Å². The van der Waals surface area contributed by atoms with Crippen LogP contribution >= 0.6 is 0 Å². The minimum atomic E-state index is -4.42. The second kappa shape index (κ2) is 4.93. The molecule has 0 unspecified atom stereocenters. The molecule has 0 bridgehead atoms. The molecule has 1 aromatic rings. The Morgan fingerprint density at radius 1 is 1.18 bits per heavy atom. The van der Waals surface area contributed by atoms with Gasteiger partial charge in [-0.1, -0.05) is 12.1 Å². The first kappa shape index (κ1) is 12.2. The van der Waals surface area contributed by atoms with Crippen molar-refractivity contribution in [2.45, 2.75) is 12.5 Å². The summed E-state index contributed by atoms with van der Waals surface area (Å²) in [6, 6.07) is 5.06. The number of hydrogen-bond acceptors (Lipinski definition) is 3. The Balaban J connectivity index is 2.04. The Morgan fingerprint density at radius 3 is 2.47 bits per heavy atom. The SMILES string of the molecule is FC(F)(F)c1ccccc1OCC1OCCO1. The predicted molar refractivity (Wildman–Crippen MR) is 52.6 cm³/mol. The van der Waals surface area contributed by atoms with Crippen LogP contribution in [-0.4, -0.2) is 26.1 Å². The Kier molecular flexibility index (Phi) is 3.54. The van der Waals surface area contributed by atoms with Gasteiger partial charge in [-0.15, -0.1) is 0 Å². The van der Waals surface area contributed by atoms with E-state index in [-0.39, 0.29) is 12.4 Å². The van der Waals surface area contributed by atoms with Crippen LogP contribution in [0.5, 0.6) is 5.75 Å². The lowest BCUT2D eigenvalue weighted by atomic mass is 10.2. The maximum atomic E-state index is 12.6. The van der Waals surface area contributed by atoms with E-state index >= 15 is 0 Å². The molecule has 17 heavy (non-hydrogen) atoms. The molecule has 1 heterocycles. The Hall–Kier alpha value is -1.27. The topological polar surface area (TPSA) is 27.7 Å². The molecular formula is C11H11F3O3. The monoisotopic (exact) mass is 248 g/mol. The molecular weight excluding hydrogens is 237 g/mol. The van der Waals surface area contributed by atoms with Crippen molar-refractivity contribution in [2.75, 3.05) is 19.8 Å². The van der Waals surface area contributed by atoms with Crippen LogP contribution in [0.1, 0.15) is 5.56 Å². The lowest BCUT2D eigenvalue weighted by Gasteiger charge is -2.15. The largest absolute Gasteiger partial charge is 0.488 e. The van der Waals surface area contributed by atoms with Crippen molar-refractivity contribution in [3.63, 3.8) is 0 Å². The first-order valence-electron chi connectivity index (χ1n) is 5.09. The highest BCUT2D eigenvalue weighted by Gasteiger charge is 2.34. The normalized spacial score (nSPS) is 17.4. The lowest BCUT2D eigenvalue weighted by Crippen LogP contribution is -2.19. The Labute approximate surface area is 96.1 Å². The molecule has 1 fully saturated rings. The molecule has 2 rings (SSSR count).